The molecule has 1 aromatic heterocycles. The number of rotatable bonds is 6. The number of nitrogens with two attached hydrogens (primary N) is 2. The first-order valence-electron chi connectivity index (χ1n) is 11.4. The van der Waals surface area contributed by atoms with E-state index in [4.69, 9.17) is 16.2 Å². The van der Waals surface area contributed by atoms with Crippen LogP contribution < -0.4 is 16.2 Å². The summed E-state index contributed by atoms with van der Waals surface area (Å²) in [5, 5.41) is 1.22. The maximum Gasteiger partial charge on any atom is 0.250 e. The van der Waals surface area contributed by atoms with Crippen LogP contribution in [0.4, 0.5) is 5.69 Å². The summed E-state index contributed by atoms with van der Waals surface area (Å²) in [4.78, 5) is 16.4. The van der Waals surface area contributed by atoms with E-state index in [-0.39, 0.29) is 6.04 Å². The van der Waals surface area contributed by atoms with E-state index >= 15 is 0 Å². The van der Waals surface area contributed by atoms with Crippen molar-refractivity contribution in [3.05, 3.63) is 58.8 Å². The van der Waals surface area contributed by atoms with Gasteiger partial charge < -0.3 is 21.1 Å². The Morgan fingerprint density at radius 1 is 1.24 bits per heavy atom. The highest BCUT2D eigenvalue weighted by Gasteiger charge is 2.29. The molecule has 0 bridgehead atoms. The predicted molar refractivity (Wildman–Crippen MR) is 152 cm³/mol. The van der Waals surface area contributed by atoms with Crippen LogP contribution in [0.3, 0.4) is 0 Å². The minimum Gasteiger partial charge on any atom is -0.496 e. The number of carbonyl (C=O) groups excluding carboxylic acids is 1. The molecule has 1 saturated heterocycles. The molecule has 2 aromatic carbocycles. The lowest BCUT2D eigenvalue weighted by Crippen LogP contribution is -2.46. The zero-order chi connectivity index (χ0) is 25.0. The Morgan fingerprint density at radius 2 is 1.97 bits per heavy atom. The number of ether oxygens (including phenoxy) is 1. The summed E-state index contributed by atoms with van der Waals surface area (Å²) >= 11 is 2.31. The molecule has 1 aliphatic rings. The summed E-state index contributed by atoms with van der Waals surface area (Å²) < 4.78 is 8.01. The number of anilines is 1. The number of aromatic nitrogens is 1. The van der Waals surface area contributed by atoms with Gasteiger partial charge in [-0.05, 0) is 49.4 Å². The number of hydrogen-bond acceptors (Lipinski definition) is 6. The molecule has 4 N–H and O–H groups in total. The Balaban J connectivity index is 0.00000158. The molecule has 7 nitrogen and oxygen atoms in total. The van der Waals surface area contributed by atoms with Crippen molar-refractivity contribution < 1.29 is 9.53 Å². The number of carbonyl (C=O) groups is 1. The van der Waals surface area contributed by atoms with Crippen LogP contribution in [0.2, 0.25) is 0 Å². The minimum absolute atomic E-state index is 0.139. The van der Waals surface area contributed by atoms with E-state index in [2.05, 4.69) is 67.3 Å². The molecule has 184 valence electrons. The highest BCUT2D eigenvalue weighted by atomic mass is 127. The molecular formula is C25H34IN5O2S. The lowest BCUT2D eigenvalue weighted by atomic mass is 9.97. The molecule has 3 aromatic rings. The Kier molecular flexibility index (Phi) is 9.14. The number of nitrogen functional groups attached to an aromatic ring is 1. The zero-order valence-electron chi connectivity index (χ0n) is 20.5. The van der Waals surface area contributed by atoms with Gasteiger partial charge in [-0.1, -0.05) is 19.9 Å². The molecule has 1 amide bonds. The maximum absolute atomic E-state index is 11.6. The van der Waals surface area contributed by atoms with Crippen molar-refractivity contribution in [3.8, 4) is 5.75 Å². The standard InChI is InChI=1S/C23H28IN5O2S.C2H6/c1-14-10-21(31-3)18(16-6-7-29(32-24)22(14)16)12-28-9-8-27(2)13-20(28)15-4-5-17(23(26)30)19(25)11-15;1-2/h4-7,10-11,20H,8-9,12-13,25H2,1-3H3,(H2,26,30);1-2H3. The summed E-state index contributed by atoms with van der Waals surface area (Å²) in [5.41, 5.74) is 17.1. The minimum atomic E-state index is -0.504. The van der Waals surface area contributed by atoms with Crippen LogP contribution in [0.1, 0.15) is 46.9 Å². The van der Waals surface area contributed by atoms with Crippen molar-refractivity contribution in [1.29, 1.82) is 0 Å². The van der Waals surface area contributed by atoms with Gasteiger partial charge in [0.2, 0.25) is 0 Å². The predicted octanol–water partition coefficient (Wildman–Crippen LogP) is 5.00. The molecule has 1 aliphatic heterocycles. The summed E-state index contributed by atoms with van der Waals surface area (Å²) in [7, 11) is 5.53. The van der Waals surface area contributed by atoms with Crippen LogP contribution in [0.5, 0.6) is 5.75 Å². The van der Waals surface area contributed by atoms with Gasteiger partial charge in [-0.3, -0.25) is 13.7 Å². The SMILES string of the molecule is CC.COc1cc(C)c2c(ccn2SI)c1CN1CCN(C)CC1c1ccc(C(N)=O)c(N)c1. The van der Waals surface area contributed by atoms with Gasteiger partial charge in [-0.15, -0.1) is 0 Å². The molecule has 2 heterocycles. The van der Waals surface area contributed by atoms with Crippen LogP contribution >= 0.6 is 30.3 Å². The third-order valence-electron chi connectivity index (χ3n) is 6.27. The number of benzene rings is 2. The molecule has 4 rings (SSSR count). The summed E-state index contributed by atoms with van der Waals surface area (Å²) in [6, 6.07) is 10.0. The second kappa shape index (κ2) is 11.7. The number of primary amides is 1. The number of piperazine rings is 1. The van der Waals surface area contributed by atoms with E-state index < -0.39 is 5.91 Å². The number of methoxy groups -OCH3 is 1. The second-order valence-electron chi connectivity index (χ2n) is 8.31. The van der Waals surface area contributed by atoms with Gasteiger partial charge in [0.1, 0.15) is 5.75 Å². The lowest BCUT2D eigenvalue weighted by molar-refractivity contribution is 0.0830. The van der Waals surface area contributed by atoms with Crippen molar-refractivity contribution in [1.82, 2.24) is 13.8 Å². The van der Waals surface area contributed by atoms with Gasteiger partial charge >= 0.3 is 0 Å². The molecule has 0 saturated carbocycles. The summed E-state index contributed by atoms with van der Waals surface area (Å²) in [6.07, 6.45) is 2.11. The number of aryl methyl sites for hydroxylation is 1. The van der Waals surface area contributed by atoms with Crippen LogP contribution in [0.25, 0.3) is 10.9 Å². The van der Waals surface area contributed by atoms with Crippen LogP contribution in [-0.2, 0) is 6.54 Å². The number of halogens is 1. The summed E-state index contributed by atoms with van der Waals surface area (Å²) in [5.74, 6) is 0.406. The number of amides is 1. The Hall–Kier alpha value is -1.95. The first-order chi connectivity index (χ1) is 16.3. The molecule has 0 spiro atoms. The highest BCUT2D eigenvalue weighted by molar-refractivity contribution is 14.2. The quantitative estimate of drug-likeness (QED) is 0.308. The largest absolute Gasteiger partial charge is 0.496 e. The van der Waals surface area contributed by atoms with Crippen molar-refractivity contribution in [2.45, 2.75) is 33.4 Å². The second-order valence-corrected chi connectivity index (χ2v) is 10.0. The van der Waals surface area contributed by atoms with Crippen molar-refractivity contribution in [3.63, 3.8) is 0 Å². The molecule has 9 heteroatoms. The van der Waals surface area contributed by atoms with Crippen molar-refractivity contribution >= 4 is 52.8 Å². The monoisotopic (exact) mass is 595 g/mol. The van der Waals surface area contributed by atoms with E-state index in [1.807, 2.05) is 26.0 Å². The molecule has 1 atom stereocenters. The fourth-order valence-electron chi connectivity index (χ4n) is 4.61. The Morgan fingerprint density at radius 3 is 2.59 bits per heavy atom. The van der Waals surface area contributed by atoms with E-state index in [1.165, 1.54) is 22.0 Å². The molecule has 34 heavy (non-hydrogen) atoms. The fraction of sp³-hybridized carbons (Fsp3) is 0.400. The molecule has 0 aliphatic carbocycles. The van der Waals surface area contributed by atoms with Crippen molar-refractivity contribution in [2.24, 2.45) is 5.73 Å². The third-order valence-corrected chi connectivity index (χ3v) is 8.00. The van der Waals surface area contributed by atoms with E-state index in [9.17, 15) is 4.79 Å². The van der Waals surface area contributed by atoms with Crippen molar-refractivity contribution in [2.75, 3.05) is 39.5 Å². The van der Waals surface area contributed by atoms with Gasteiger partial charge in [0.25, 0.3) is 5.91 Å². The number of hydrogen-bond donors (Lipinski definition) is 2. The molecular weight excluding hydrogens is 561 g/mol. The van der Waals surface area contributed by atoms with Gasteiger partial charge in [-0.25, -0.2) is 0 Å². The third kappa shape index (κ3) is 5.32. The van der Waals surface area contributed by atoms with Gasteiger partial charge in [0, 0.05) is 85.4 Å². The topological polar surface area (TPSA) is 89.8 Å². The fourth-order valence-corrected chi connectivity index (χ4v) is 6.01. The van der Waals surface area contributed by atoms with Crippen LogP contribution in [0, 0.1) is 6.92 Å². The molecule has 1 fully saturated rings. The Labute approximate surface area is 218 Å². The number of fused-ring (bicyclic) bond motifs is 1. The smallest absolute Gasteiger partial charge is 0.250 e. The highest BCUT2D eigenvalue weighted by Crippen LogP contribution is 2.38. The number of nitrogens with zero attached hydrogens (tertiary/aromatic N) is 3. The summed E-state index contributed by atoms with van der Waals surface area (Å²) in [6.45, 7) is 9.65. The lowest BCUT2D eigenvalue weighted by Gasteiger charge is -2.40. The molecule has 0 radical (unpaired) electrons. The first-order valence-corrected chi connectivity index (χ1v) is 14.7. The van der Waals surface area contributed by atoms with Crippen LogP contribution in [-0.4, -0.2) is 53.5 Å². The van der Waals surface area contributed by atoms with Gasteiger partial charge in [0.05, 0.1) is 18.2 Å². The maximum atomic E-state index is 11.6. The normalized spacial score (nSPS) is 16.8. The zero-order valence-corrected chi connectivity index (χ0v) is 23.4. The van der Waals surface area contributed by atoms with Gasteiger partial charge in [-0.2, -0.15) is 0 Å². The van der Waals surface area contributed by atoms with E-state index in [1.54, 1.807) is 22.3 Å². The average molecular weight is 596 g/mol. The average Bonchev–Trinajstić information content (AvgIpc) is 3.27. The van der Waals surface area contributed by atoms with E-state index in [0.717, 1.165) is 37.5 Å². The first kappa shape index (κ1) is 26.7. The Bertz CT molecular complexity index is 1170. The number of likely N-dealkylation sites (N-methyl/N-ethyl adjacent to an activating group) is 1. The van der Waals surface area contributed by atoms with E-state index in [0.29, 0.717) is 11.3 Å². The van der Waals surface area contributed by atoms with Crippen LogP contribution in [0.15, 0.2) is 36.5 Å². The van der Waals surface area contributed by atoms with Gasteiger partial charge in [0.15, 0.2) is 0 Å². The molecule has 1 unspecified atom stereocenters.